The van der Waals surface area contributed by atoms with Crippen LogP contribution in [0.5, 0.6) is 5.75 Å². The van der Waals surface area contributed by atoms with Gasteiger partial charge in [0.05, 0.1) is 0 Å². The van der Waals surface area contributed by atoms with Gasteiger partial charge in [-0.1, -0.05) is 18.2 Å². The van der Waals surface area contributed by atoms with Gasteiger partial charge in [0.1, 0.15) is 5.75 Å². The van der Waals surface area contributed by atoms with E-state index in [1.165, 1.54) is 4.88 Å². The zero-order chi connectivity index (χ0) is 12.3. The van der Waals surface area contributed by atoms with Gasteiger partial charge in [-0.15, -0.1) is 11.3 Å². The van der Waals surface area contributed by atoms with Crippen molar-refractivity contribution in [2.75, 3.05) is 0 Å². The third-order valence-electron chi connectivity index (χ3n) is 2.84. The largest absolute Gasteiger partial charge is 0.508 e. The Hall–Kier alpha value is -1.32. The molecule has 0 aliphatic carbocycles. The van der Waals surface area contributed by atoms with E-state index < -0.39 is 0 Å². The van der Waals surface area contributed by atoms with Gasteiger partial charge >= 0.3 is 0 Å². The van der Waals surface area contributed by atoms with Crippen LogP contribution in [0.1, 0.15) is 36.4 Å². The zero-order valence-corrected chi connectivity index (χ0v) is 10.9. The molecule has 0 fully saturated rings. The molecular weight excluding hydrogens is 230 g/mol. The lowest BCUT2D eigenvalue weighted by atomic mass is 10.1. The summed E-state index contributed by atoms with van der Waals surface area (Å²) in [5, 5.41) is 15.1. The first-order valence-corrected chi connectivity index (χ1v) is 6.63. The lowest BCUT2D eigenvalue weighted by molar-refractivity contribution is 0.467. The van der Waals surface area contributed by atoms with E-state index in [9.17, 15) is 5.11 Å². The molecule has 2 atom stereocenters. The first-order chi connectivity index (χ1) is 8.16. The van der Waals surface area contributed by atoms with Crippen molar-refractivity contribution < 1.29 is 5.11 Å². The van der Waals surface area contributed by atoms with Gasteiger partial charge in [-0.2, -0.15) is 0 Å². The third kappa shape index (κ3) is 3.08. The lowest BCUT2D eigenvalue weighted by Gasteiger charge is -2.19. The van der Waals surface area contributed by atoms with Crippen LogP contribution in [0.25, 0.3) is 0 Å². The molecule has 3 heteroatoms. The van der Waals surface area contributed by atoms with E-state index in [-0.39, 0.29) is 6.04 Å². The number of rotatable bonds is 4. The second kappa shape index (κ2) is 5.34. The molecule has 2 nitrogen and oxygen atoms in total. The average Bonchev–Trinajstić information content (AvgIpc) is 2.82. The predicted octanol–water partition coefficient (Wildman–Crippen LogP) is 3.87. The Labute approximate surface area is 106 Å². The molecule has 0 radical (unpaired) electrons. The Morgan fingerprint density at radius 1 is 1.12 bits per heavy atom. The maximum absolute atomic E-state index is 9.45. The Morgan fingerprint density at radius 3 is 2.59 bits per heavy atom. The summed E-state index contributed by atoms with van der Waals surface area (Å²) >= 11 is 1.76. The normalized spacial score (nSPS) is 14.5. The number of benzene rings is 1. The van der Waals surface area contributed by atoms with E-state index in [0.29, 0.717) is 11.8 Å². The molecule has 2 unspecified atom stereocenters. The molecule has 2 N–H and O–H groups in total. The molecule has 0 saturated carbocycles. The maximum Gasteiger partial charge on any atom is 0.115 e. The van der Waals surface area contributed by atoms with Crippen LogP contribution < -0.4 is 5.32 Å². The standard InChI is InChI=1S/C14H17NOS/c1-10(12-5-3-6-13(16)9-12)15-11(2)14-7-4-8-17-14/h3-11,15-16H,1-2H3. The topological polar surface area (TPSA) is 32.3 Å². The molecule has 0 bridgehead atoms. The van der Waals surface area contributed by atoms with Crippen molar-refractivity contribution >= 4 is 11.3 Å². The van der Waals surface area contributed by atoms with Gasteiger partial charge in [-0.05, 0) is 43.0 Å². The van der Waals surface area contributed by atoms with Crippen LogP contribution in [0, 0.1) is 0 Å². The highest BCUT2D eigenvalue weighted by Crippen LogP contribution is 2.24. The number of phenolic OH excluding ortho intramolecular Hbond substituents is 1. The molecule has 0 aliphatic heterocycles. The van der Waals surface area contributed by atoms with Crippen molar-refractivity contribution in [3.8, 4) is 5.75 Å². The van der Waals surface area contributed by atoms with Gasteiger partial charge in [0.2, 0.25) is 0 Å². The fraction of sp³-hybridized carbons (Fsp3) is 0.286. The van der Waals surface area contributed by atoms with Crippen LogP contribution in [-0.2, 0) is 0 Å². The second-order valence-corrected chi connectivity index (χ2v) is 5.20. The molecule has 0 spiro atoms. The van der Waals surface area contributed by atoms with E-state index >= 15 is 0 Å². The zero-order valence-electron chi connectivity index (χ0n) is 10.1. The molecule has 2 rings (SSSR count). The molecule has 2 aromatic rings. The lowest BCUT2D eigenvalue weighted by Crippen LogP contribution is -2.21. The molecule has 1 aromatic carbocycles. The van der Waals surface area contributed by atoms with Gasteiger partial charge in [0, 0.05) is 17.0 Å². The van der Waals surface area contributed by atoms with E-state index in [0.717, 1.165) is 5.56 Å². The van der Waals surface area contributed by atoms with Crippen LogP contribution in [0.2, 0.25) is 0 Å². The summed E-state index contributed by atoms with van der Waals surface area (Å²) in [4.78, 5) is 1.33. The quantitative estimate of drug-likeness (QED) is 0.859. The van der Waals surface area contributed by atoms with E-state index in [1.807, 2.05) is 12.1 Å². The third-order valence-corrected chi connectivity index (χ3v) is 3.90. The number of aromatic hydroxyl groups is 1. The number of thiophene rings is 1. The second-order valence-electron chi connectivity index (χ2n) is 4.22. The minimum absolute atomic E-state index is 0.221. The predicted molar refractivity (Wildman–Crippen MR) is 72.4 cm³/mol. The summed E-state index contributed by atoms with van der Waals surface area (Å²) in [5.41, 5.74) is 1.11. The number of hydrogen-bond donors (Lipinski definition) is 2. The summed E-state index contributed by atoms with van der Waals surface area (Å²) < 4.78 is 0. The van der Waals surface area contributed by atoms with Crippen molar-refractivity contribution in [1.82, 2.24) is 5.32 Å². The van der Waals surface area contributed by atoms with Gasteiger partial charge in [-0.3, -0.25) is 0 Å². The van der Waals surface area contributed by atoms with E-state index in [2.05, 4.69) is 36.7 Å². The number of phenols is 1. The van der Waals surface area contributed by atoms with Crippen LogP contribution >= 0.6 is 11.3 Å². The van der Waals surface area contributed by atoms with Crippen LogP contribution in [0.4, 0.5) is 0 Å². The van der Waals surface area contributed by atoms with Crippen LogP contribution in [0.3, 0.4) is 0 Å². The Morgan fingerprint density at radius 2 is 1.94 bits per heavy atom. The minimum Gasteiger partial charge on any atom is -0.508 e. The number of hydrogen-bond acceptors (Lipinski definition) is 3. The van der Waals surface area contributed by atoms with Crippen molar-refractivity contribution in [1.29, 1.82) is 0 Å². The minimum atomic E-state index is 0.221. The van der Waals surface area contributed by atoms with Crippen molar-refractivity contribution in [3.63, 3.8) is 0 Å². The summed E-state index contributed by atoms with van der Waals surface area (Å²) in [6, 6.07) is 12.1. The van der Waals surface area contributed by atoms with E-state index in [4.69, 9.17) is 0 Å². The summed E-state index contributed by atoms with van der Waals surface area (Å²) in [6.45, 7) is 4.27. The van der Waals surface area contributed by atoms with Gasteiger partial charge in [0.25, 0.3) is 0 Å². The fourth-order valence-corrected chi connectivity index (χ4v) is 2.63. The highest BCUT2D eigenvalue weighted by molar-refractivity contribution is 7.10. The fourth-order valence-electron chi connectivity index (χ4n) is 1.89. The average molecular weight is 247 g/mol. The monoisotopic (exact) mass is 247 g/mol. The molecular formula is C14H17NOS. The SMILES string of the molecule is CC(NC(C)c1cccs1)c1cccc(O)c1. The Bertz CT molecular complexity index is 467. The number of nitrogens with one attached hydrogen (secondary N) is 1. The summed E-state index contributed by atoms with van der Waals surface area (Å²) in [6.07, 6.45) is 0. The smallest absolute Gasteiger partial charge is 0.115 e. The molecule has 0 aliphatic rings. The van der Waals surface area contributed by atoms with Crippen molar-refractivity contribution in [2.24, 2.45) is 0 Å². The van der Waals surface area contributed by atoms with Crippen molar-refractivity contribution in [2.45, 2.75) is 25.9 Å². The van der Waals surface area contributed by atoms with Crippen LogP contribution in [-0.4, -0.2) is 5.11 Å². The van der Waals surface area contributed by atoms with E-state index in [1.54, 1.807) is 23.5 Å². The molecule has 0 amide bonds. The first kappa shape index (κ1) is 12.1. The Kier molecular flexibility index (Phi) is 3.82. The van der Waals surface area contributed by atoms with Gasteiger partial charge in [-0.25, -0.2) is 0 Å². The molecule has 90 valence electrons. The highest BCUT2D eigenvalue weighted by atomic mass is 32.1. The maximum atomic E-state index is 9.45. The Balaban J connectivity index is 2.04. The highest BCUT2D eigenvalue weighted by Gasteiger charge is 2.11. The molecule has 0 saturated heterocycles. The molecule has 1 heterocycles. The van der Waals surface area contributed by atoms with Gasteiger partial charge in [0.15, 0.2) is 0 Å². The molecule has 1 aromatic heterocycles. The van der Waals surface area contributed by atoms with Crippen molar-refractivity contribution in [3.05, 3.63) is 52.2 Å². The van der Waals surface area contributed by atoms with Gasteiger partial charge < -0.3 is 10.4 Å². The summed E-state index contributed by atoms with van der Waals surface area (Å²) in [5.74, 6) is 0.319. The molecule has 17 heavy (non-hydrogen) atoms. The summed E-state index contributed by atoms with van der Waals surface area (Å²) in [7, 11) is 0. The first-order valence-electron chi connectivity index (χ1n) is 5.75. The van der Waals surface area contributed by atoms with Crippen LogP contribution in [0.15, 0.2) is 41.8 Å².